The maximum atomic E-state index is 11.7. The third-order valence-corrected chi connectivity index (χ3v) is 3.66. The maximum Gasteiger partial charge on any atom is 0.407 e. The van der Waals surface area contributed by atoms with Crippen LogP contribution in [0.25, 0.3) is 0 Å². The molecule has 1 unspecified atom stereocenters. The van der Waals surface area contributed by atoms with E-state index in [0.29, 0.717) is 0 Å². The van der Waals surface area contributed by atoms with Crippen molar-refractivity contribution in [1.29, 1.82) is 0 Å². The highest BCUT2D eigenvalue weighted by molar-refractivity contribution is 5.67. The van der Waals surface area contributed by atoms with Crippen molar-refractivity contribution in [3.63, 3.8) is 0 Å². The molecule has 2 N–H and O–H groups in total. The zero-order valence-electron chi connectivity index (χ0n) is 11.0. The standard InChI is InChI=1S/C15H21NO3/c17-10-13-8-4-5-9-14(13)16-15(18)19-11-12-6-2-1-3-7-12/h1-3,6-7,13-14,17H,4-5,8-11H2,(H,16,18)/t13-,14?/m1/s1. The number of benzene rings is 1. The normalized spacial score (nSPS) is 22.8. The van der Waals surface area contributed by atoms with Crippen LogP contribution >= 0.6 is 0 Å². The molecule has 1 aromatic carbocycles. The molecular formula is C15H21NO3. The first-order valence-corrected chi connectivity index (χ1v) is 6.87. The minimum Gasteiger partial charge on any atom is -0.445 e. The summed E-state index contributed by atoms with van der Waals surface area (Å²) in [5.74, 6) is 0.165. The predicted molar refractivity (Wildman–Crippen MR) is 72.6 cm³/mol. The Kier molecular flexibility index (Phi) is 5.21. The Bertz CT molecular complexity index is 394. The third-order valence-electron chi connectivity index (χ3n) is 3.66. The fraction of sp³-hybridized carbons (Fsp3) is 0.533. The highest BCUT2D eigenvalue weighted by atomic mass is 16.5. The summed E-state index contributed by atoms with van der Waals surface area (Å²) in [5.41, 5.74) is 0.972. The summed E-state index contributed by atoms with van der Waals surface area (Å²) in [6, 6.07) is 9.65. The smallest absolute Gasteiger partial charge is 0.407 e. The summed E-state index contributed by atoms with van der Waals surface area (Å²) in [7, 11) is 0. The highest BCUT2D eigenvalue weighted by Gasteiger charge is 2.26. The molecule has 1 aromatic rings. The zero-order valence-corrected chi connectivity index (χ0v) is 11.0. The van der Waals surface area contributed by atoms with E-state index in [1.165, 1.54) is 0 Å². The van der Waals surface area contributed by atoms with Crippen LogP contribution in [0.1, 0.15) is 31.2 Å². The lowest BCUT2D eigenvalue weighted by Crippen LogP contribution is -2.43. The van der Waals surface area contributed by atoms with Crippen molar-refractivity contribution < 1.29 is 14.6 Å². The van der Waals surface area contributed by atoms with Gasteiger partial charge in [-0.1, -0.05) is 43.2 Å². The Morgan fingerprint density at radius 1 is 1.26 bits per heavy atom. The van der Waals surface area contributed by atoms with Gasteiger partial charge in [0.2, 0.25) is 0 Å². The van der Waals surface area contributed by atoms with E-state index in [1.807, 2.05) is 30.3 Å². The van der Waals surface area contributed by atoms with Crippen molar-refractivity contribution in [3.05, 3.63) is 35.9 Å². The highest BCUT2D eigenvalue weighted by Crippen LogP contribution is 2.24. The van der Waals surface area contributed by atoms with E-state index in [0.717, 1.165) is 31.2 Å². The molecule has 1 amide bonds. The summed E-state index contributed by atoms with van der Waals surface area (Å²) in [4.78, 5) is 11.7. The van der Waals surface area contributed by atoms with Gasteiger partial charge in [-0.3, -0.25) is 0 Å². The molecule has 4 nitrogen and oxygen atoms in total. The van der Waals surface area contributed by atoms with E-state index in [1.54, 1.807) is 0 Å². The van der Waals surface area contributed by atoms with E-state index in [-0.39, 0.29) is 25.2 Å². The number of rotatable bonds is 4. The monoisotopic (exact) mass is 263 g/mol. The molecule has 0 aliphatic heterocycles. The zero-order chi connectivity index (χ0) is 13.5. The molecule has 104 valence electrons. The van der Waals surface area contributed by atoms with Gasteiger partial charge in [0.15, 0.2) is 0 Å². The lowest BCUT2D eigenvalue weighted by Gasteiger charge is -2.30. The van der Waals surface area contributed by atoms with Crippen LogP contribution in [0.4, 0.5) is 4.79 Å². The quantitative estimate of drug-likeness (QED) is 0.877. The molecule has 19 heavy (non-hydrogen) atoms. The number of carbonyl (C=O) groups is 1. The molecule has 1 aliphatic carbocycles. The van der Waals surface area contributed by atoms with E-state index in [9.17, 15) is 9.90 Å². The van der Waals surface area contributed by atoms with Crippen LogP contribution in [0.5, 0.6) is 0 Å². The summed E-state index contributed by atoms with van der Waals surface area (Å²) in [6.45, 7) is 0.410. The lowest BCUT2D eigenvalue weighted by atomic mass is 9.85. The first-order chi connectivity index (χ1) is 9.29. The van der Waals surface area contributed by atoms with Gasteiger partial charge in [-0.15, -0.1) is 0 Å². The maximum absolute atomic E-state index is 11.7. The Morgan fingerprint density at radius 3 is 2.74 bits per heavy atom. The van der Waals surface area contributed by atoms with Crippen LogP contribution in [0, 0.1) is 5.92 Å². The van der Waals surface area contributed by atoms with Gasteiger partial charge in [0.25, 0.3) is 0 Å². The number of aliphatic hydroxyl groups is 1. The number of alkyl carbamates (subject to hydrolysis) is 1. The fourth-order valence-corrected chi connectivity index (χ4v) is 2.53. The van der Waals surface area contributed by atoms with Crippen molar-refractivity contribution in [1.82, 2.24) is 5.32 Å². The van der Waals surface area contributed by atoms with Gasteiger partial charge < -0.3 is 15.2 Å². The van der Waals surface area contributed by atoms with Gasteiger partial charge >= 0.3 is 6.09 Å². The van der Waals surface area contributed by atoms with Crippen molar-refractivity contribution in [2.45, 2.75) is 38.3 Å². The van der Waals surface area contributed by atoms with Crippen molar-refractivity contribution in [3.8, 4) is 0 Å². The average Bonchev–Trinajstić information content (AvgIpc) is 2.47. The second-order valence-electron chi connectivity index (χ2n) is 5.04. The van der Waals surface area contributed by atoms with Crippen LogP contribution in [0.3, 0.4) is 0 Å². The first-order valence-electron chi connectivity index (χ1n) is 6.87. The van der Waals surface area contributed by atoms with Gasteiger partial charge in [0.05, 0.1) is 0 Å². The van der Waals surface area contributed by atoms with Crippen LogP contribution in [-0.2, 0) is 11.3 Å². The topological polar surface area (TPSA) is 58.6 Å². The van der Waals surface area contributed by atoms with Crippen LogP contribution < -0.4 is 5.32 Å². The van der Waals surface area contributed by atoms with Crippen LogP contribution in [0.15, 0.2) is 30.3 Å². The number of carbonyl (C=O) groups excluding carboxylic acids is 1. The number of aliphatic hydroxyl groups excluding tert-OH is 1. The third kappa shape index (κ3) is 4.24. The largest absolute Gasteiger partial charge is 0.445 e. The van der Waals surface area contributed by atoms with Crippen molar-refractivity contribution in [2.24, 2.45) is 5.92 Å². The van der Waals surface area contributed by atoms with Gasteiger partial charge in [-0.25, -0.2) is 4.79 Å². The Hall–Kier alpha value is -1.55. The van der Waals surface area contributed by atoms with Crippen molar-refractivity contribution in [2.75, 3.05) is 6.61 Å². The number of amides is 1. The summed E-state index contributed by atoms with van der Waals surface area (Å²) in [5, 5.41) is 12.2. The van der Waals surface area contributed by atoms with Gasteiger partial charge in [-0.2, -0.15) is 0 Å². The Morgan fingerprint density at radius 2 is 2.00 bits per heavy atom. The van der Waals surface area contributed by atoms with Gasteiger partial charge in [-0.05, 0) is 18.4 Å². The Labute approximate surface area is 113 Å². The number of hydrogen-bond acceptors (Lipinski definition) is 3. The molecule has 0 radical (unpaired) electrons. The molecular weight excluding hydrogens is 242 g/mol. The first kappa shape index (κ1) is 13.9. The SMILES string of the molecule is O=C(NC1CCCC[C@@H]1CO)OCc1ccccc1. The minimum absolute atomic E-state index is 0.0435. The molecule has 2 atom stereocenters. The Balaban J connectivity index is 1.77. The molecule has 1 aliphatic rings. The van der Waals surface area contributed by atoms with Crippen LogP contribution in [0.2, 0.25) is 0 Å². The summed E-state index contributed by atoms with van der Waals surface area (Å²) in [6.07, 6.45) is 3.73. The fourth-order valence-electron chi connectivity index (χ4n) is 2.53. The van der Waals surface area contributed by atoms with Crippen molar-refractivity contribution >= 4 is 6.09 Å². The van der Waals surface area contributed by atoms with E-state index >= 15 is 0 Å². The number of nitrogens with one attached hydrogen (secondary N) is 1. The molecule has 1 fully saturated rings. The molecule has 0 heterocycles. The molecule has 0 saturated heterocycles. The van der Waals surface area contributed by atoms with E-state index < -0.39 is 6.09 Å². The molecule has 0 bridgehead atoms. The number of ether oxygens (including phenoxy) is 1. The predicted octanol–water partition coefficient (Wildman–Crippen LogP) is 2.46. The second kappa shape index (κ2) is 7.14. The van der Waals surface area contributed by atoms with Gasteiger partial charge in [0.1, 0.15) is 6.61 Å². The average molecular weight is 263 g/mol. The molecule has 2 rings (SSSR count). The number of hydrogen-bond donors (Lipinski definition) is 2. The van der Waals surface area contributed by atoms with E-state index in [4.69, 9.17) is 4.74 Å². The minimum atomic E-state index is -0.394. The summed E-state index contributed by atoms with van der Waals surface area (Å²) >= 11 is 0. The van der Waals surface area contributed by atoms with E-state index in [2.05, 4.69) is 5.32 Å². The lowest BCUT2D eigenvalue weighted by molar-refractivity contribution is 0.113. The molecule has 0 spiro atoms. The molecule has 1 saturated carbocycles. The summed E-state index contributed by atoms with van der Waals surface area (Å²) < 4.78 is 5.19. The molecule has 4 heteroatoms. The van der Waals surface area contributed by atoms with Crippen LogP contribution in [-0.4, -0.2) is 23.8 Å². The van der Waals surface area contributed by atoms with Gasteiger partial charge in [0, 0.05) is 18.6 Å². The molecule has 0 aromatic heterocycles. The second-order valence-corrected chi connectivity index (χ2v) is 5.04.